The van der Waals surface area contributed by atoms with E-state index in [0.29, 0.717) is 19.6 Å². The highest BCUT2D eigenvalue weighted by Gasteiger charge is 2.30. The number of rotatable bonds is 4. The topological polar surface area (TPSA) is 61.4 Å². The number of nitrogens with zero attached hydrogens (tertiary/aromatic N) is 4. The molecule has 0 bridgehead atoms. The normalized spacial score (nSPS) is 17.0. The molecule has 1 N–H and O–H groups in total. The standard InChI is InChI=1S/C26H25F2N5OS/c1-16-14-32(10-11-33(16)26(34)31-17(2)19-4-3-5-21(28)12-19)25-24-22(29-15-30-25)13-23(35-24)18-6-8-20(27)9-7-18/h3-9,12-13,15-17H,10-11,14H2,1-2H3,(H,31,34). The maximum atomic E-state index is 13.6. The zero-order valence-corrected chi connectivity index (χ0v) is 20.2. The van der Waals surface area contributed by atoms with E-state index in [4.69, 9.17) is 0 Å². The second-order valence-electron chi connectivity index (χ2n) is 8.74. The number of aromatic nitrogens is 2. The van der Waals surface area contributed by atoms with E-state index in [1.54, 1.807) is 41.9 Å². The third-order valence-electron chi connectivity index (χ3n) is 6.30. The minimum Gasteiger partial charge on any atom is -0.351 e. The molecule has 0 saturated carbocycles. The highest BCUT2D eigenvalue weighted by atomic mass is 32.1. The fourth-order valence-corrected chi connectivity index (χ4v) is 5.54. The number of nitrogens with one attached hydrogen (secondary N) is 1. The smallest absolute Gasteiger partial charge is 0.318 e. The van der Waals surface area contributed by atoms with Crippen LogP contribution < -0.4 is 10.2 Å². The quantitative estimate of drug-likeness (QED) is 0.401. The van der Waals surface area contributed by atoms with Crippen molar-refractivity contribution in [1.82, 2.24) is 20.2 Å². The Labute approximate surface area is 206 Å². The Morgan fingerprint density at radius 1 is 1.09 bits per heavy atom. The van der Waals surface area contributed by atoms with Crippen molar-refractivity contribution < 1.29 is 13.6 Å². The molecule has 2 unspecified atom stereocenters. The van der Waals surface area contributed by atoms with Crippen LogP contribution in [-0.2, 0) is 0 Å². The fraction of sp³-hybridized carbons (Fsp3) is 0.269. The summed E-state index contributed by atoms with van der Waals surface area (Å²) in [7, 11) is 0. The molecule has 1 aliphatic heterocycles. The lowest BCUT2D eigenvalue weighted by molar-refractivity contribution is 0.168. The van der Waals surface area contributed by atoms with Gasteiger partial charge in [0.25, 0.3) is 0 Å². The van der Waals surface area contributed by atoms with E-state index in [9.17, 15) is 13.6 Å². The number of hydrogen-bond acceptors (Lipinski definition) is 5. The van der Waals surface area contributed by atoms with Crippen LogP contribution in [0.1, 0.15) is 25.5 Å². The average molecular weight is 494 g/mol. The number of hydrogen-bond donors (Lipinski definition) is 1. The Kier molecular flexibility index (Phi) is 6.34. The first-order chi connectivity index (χ1) is 16.9. The zero-order chi connectivity index (χ0) is 24.5. The molecule has 1 fully saturated rings. The molecule has 0 aliphatic carbocycles. The van der Waals surface area contributed by atoms with E-state index in [-0.39, 0.29) is 29.7 Å². The largest absolute Gasteiger partial charge is 0.351 e. The number of benzene rings is 2. The van der Waals surface area contributed by atoms with Crippen molar-refractivity contribution >= 4 is 33.4 Å². The molecule has 0 spiro atoms. The monoisotopic (exact) mass is 493 g/mol. The van der Waals surface area contributed by atoms with Gasteiger partial charge in [0.05, 0.1) is 16.3 Å². The lowest BCUT2D eigenvalue weighted by atomic mass is 10.1. The number of carbonyl (C=O) groups is 1. The SMILES string of the molecule is CC(NC(=O)N1CCN(c2ncnc3cc(-c4ccc(F)cc4)sc23)CC1C)c1cccc(F)c1. The van der Waals surface area contributed by atoms with Crippen molar-refractivity contribution in [2.75, 3.05) is 24.5 Å². The van der Waals surface area contributed by atoms with Crippen LogP contribution in [0.2, 0.25) is 0 Å². The predicted molar refractivity (Wildman–Crippen MR) is 135 cm³/mol. The highest BCUT2D eigenvalue weighted by Crippen LogP contribution is 2.37. The van der Waals surface area contributed by atoms with Gasteiger partial charge >= 0.3 is 6.03 Å². The summed E-state index contributed by atoms with van der Waals surface area (Å²) in [5, 5.41) is 2.98. The zero-order valence-electron chi connectivity index (χ0n) is 19.4. The minimum atomic E-state index is -0.321. The van der Waals surface area contributed by atoms with E-state index in [0.717, 1.165) is 32.0 Å². The Balaban J connectivity index is 1.30. The number of urea groups is 1. The first-order valence-electron chi connectivity index (χ1n) is 11.5. The number of thiophene rings is 1. The molecule has 5 rings (SSSR count). The molecule has 6 nitrogen and oxygen atoms in total. The van der Waals surface area contributed by atoms with Crippen LogP contribution in [0.5, 0.6) is 0 Å². The summed E-state index contributed by atoms with van der Waals surface area (Å²) in [6.07, 6.45) is 1.56. The lowest BCUT2D eigenvalue weighted by Crippen LogP contribution is -2.57. The summed E-state index contributed by atoms with van der Waals surface area (Å²) in [6.45, 7) is 5.64. The molecular weight excluding hydrogens is 468 g/mol. The van der Waals surface area contributed by atoms with Crippen molar-refractivity contribution in [2.24, 2.45) is 0 Å². The highest BCUT2D eigenvalue weighted by molar-refractivity contribution is 7.22. The molecule has 2 atom stereocenters. The molecule has 0 radical (unpaired) electrons. The number of amides is 2. The second kappa shape index (κ2) is 9.58. The van der Waals surface area contributed by atoms with Gasteiger partial charge in [-0.2, -0.15) is 0 Å². The Morgan fingerprint density at radius 3 is 2.63 bits per heavy atom. The van der Waals surface area contributed by atoms with Gasteiger partial charge in [-0.3, -0.25) is 0 Å². The van der Waals surface area contributed by atoms with Gasteiger partial charge in [0, 0.05) is 30.6 Å². The molecule has 2 amide bonds. The van der Waals surface area contributed by atoms with Crippen molar-refractivity contribution in [3.8, 4) is 10.4 Å². The molecule has 9 heteroatoms. The fourth-order valence-electron chi connectivity index (χ4n) is 4.40. The molecule has 4 aromatic rings. The van der Waals surface area contributed by atoms with Crippen molar-refractivity contribution in [3.05, 3.63) is 78.1 Å². The van der Waals surface area contributed by atoms with E-state index < -0.39 is 0 Å². The summed E-state index contributed by atoms with van der Waals surface area (Å²) < 4.78 is 27.9. The van der Waals surface area contributed by atoms with Crippen LogP contribution in [0.25, 0.3) is 20.7 Å². The van der Waals surface area contributed by atoms with Gasteiger partial charge in [0.2, 0.25) is 0 Å². The van der Waals surface area contributed by atoms with Crippen molar-refractivity contribution in [1.29, 1.82) is 0 Å². The number of fused-ring (bicyclic) bond motifs is 1. The van der Waals surface area contributed by atoms with Gasteiger partial charge in [-0.15, -0.1) is 11.3 Å². The van der Waals surface area contributed by atoms with Crippen LogP contribution in [0.4, 0.5) is 19.4 Å². The van der Waals surface area contributed by atoms with Crippen molar-refractivity contribution in [3.63, 3.8) is 0 Å². The molecule has 1 aliphatic rings. The average Bonchev–Trinajstić information content (AvgIpc) is 3.29. The molecule has 1 saturated heterocycles. The maximum Gasteiger partial charge on any atom is 0.318 e. The number of halogens is 2. The van der Waals surface area contributed by atoms with E-state index >= 15 is 0 Å². The Bertz CT molecular complexity index is 1360. The summed E-state index contributed by atoms with van der Waals surface area (Å²) >= 11 is 1.58. The Hall–Kier alpha value is -3.59. The number of piperazine rings is 1. The maximum absolute atomic E-state index is 13.6. The van der Waals surface area contributed by atoms with Crippen LogP contribution in [0, 0.1) is 11.6 Å². The van der Waals surface area contributed by atoms with Crippen LogP contribution >= 0.6 is 11.3 Å². The van der Waals surface area contributed by atoms with E-state index in [1.165, 1.54) is 24.3 Å². The first kappa shape index (κ1) is 23.2. The molecular formula is C26H25F2N5OS. The number of anilines is 1. The molecule has 2 aromatic heterocycles. The third kappa shape index (κ3) is 4.81. The molecule has 180 valence electrons. The summed E-state index contributed by atoms with van der Waals surface area (Å²) in [5.41, 5.74) is 2.50. The van der Waals surface area contributed by atoms with Gasteiger partial charge in [-0.25, -0.2) is 23.5 Å². The predicted octanol–water partition coefficient (Wildman–Crippen LogP) is 5.62. The Morgan fingerprint density at radius 2 is 1.89 bits per heavy atom. The van der Waals surface area contributed by atoms with Crippen molar-refractivity contribution in [2.45, 2.75) is 25.9 Å². The van der Waals surface area contributed by atoms with Gasteiger partial charge in [-0.05, 0) is 55.3 Å². The van der Waals surface area contributed by atoms with Crippen LogP contribution in [-0.4, -0.2) is 46.6 Å². The van der Waals surface area contributed by atoms with Crippen LogP contribution in [0.15, 0.2) is 60.9 Å². The van der Waals surface area contributed by atoms with Crippen LogP contribution in [0.3, 0.4) is 0 Å². The molecule has 35 heavy (non-hydrogen) atoms. The summed E-state index contributed by atoms with van der Waals surface area (Å²) in [4.78, 5) is 26.9. The molecule has 2 aromatic carbocycles. The van der Waals surface area contributed by atoms with E-state index in [2.05, 4.69) is 20.2 Å². The second-order valence-corrected chi connectivity index (χ2v) is 9.80. The van der Waals surface area contributed by atoms with Gasteiger partial charge in [0.15, 0.2) is 0 Å². The first-order valence-corrected chi connectivity index (χ1v) is 12.3. The van der Waals surface area contributed by atoms with Gasteiger partial charge < -0.3 is 15.1 Å². The molecule has 3 heterocycles. The number of carbonyl (C=O) groups excluding carboxylic acids is 1. The van der Waals surface area contributed by atoms with E-state index in [1.807, 2.05) is 24.8 Å². The summed E-state index contributed by atoms with van der Waals surface area (Å²) in [6, 6.07) is 14.2. The van der Waals surface area contributed by atoms with Gasteiger partial charge in [-0.1, -0.05) is 24.3 Å². The summed E-state index contributed by atoms with van der Waals surface area (Å²) in [5.74, 6) is 0.253. The van der Waals surface area contributed by atoms with Gasteiger partial charge in [0.1, 0.15) is 23.8 Å². The lowest BCUT2D eigenvalue weighted by Gasteiger charge is -2.40. The minimum absolute atomic E-state index is 0.0509. The third-order valence-corrected chi connectivity index (χ3v) is 7.47.